The molecular weight excluding hydrogens is 409 g/mol. The highest BCUT2D eigenvalue weighted by atomic mass is 32.5. The minimum atomic E-state index is -9.76. The second-order valence-corrected chi connectivity index (χ2v) is 9.89. The zero-order valence-electron chi connectivity index (χ0n) is 14.3. The second kappa shape index (κ2) is 5.22. The van der Waals surface area contributed by atoms with E-state index in [1.165, 1.54) is 29.4 Å². The molecule has 1 aromatic heterocycles. The molecule has 3 rings (SSSR count). The van der Waals surface area contributed by atoms with Gasteiger partial charge in [0.25, 0.3) is 0 Å². The van der Waals surface area contributed by atoms with E-state index in [0.717, 1.165) is 6.07 Å². The molecule has 1 aromatic carbocycles. The molecule has 0 fully saturated rings. The minimum Gasteiger partial charge on any atom is -0.369 e. The maximum Gasteiger partial charge on any atom is 0.310 e. The normalized spacial score (nSPS) is 23.6. The summed E-state index contributed by atoms with van der Waals surface area (Å²) in [4.78, 5) is 16.3. The number of carbonyl (C=O) groups is 1. The van der Waals surface area contributed by atoms with Gasteiger partial charge in [-0.25, -0.2) is 4.99 Å². The van der Waals surface area contributed by atoms with Gasteiger partial charge in [-0.1, -0.05) is 31.6 Å². The largest absolute Gasteiger partial charge is 0.369 e. The summed E-state index contributed by atoms with van der Waals surface area (Å²) in [5.74, 6) is -0.213. The van der Waals surface area contributed by atoms with E-state index in [1.54, 1.807) is 18.4 Å². The van der Waals surface area contributed by atoms with Crippen molar-refractivity contribution in [1.29, 1.82) is 0 Å². The number of benzene rings is 1. The lowest BCUT2D eigenvalue weighted by molar-refractivity contribution is -0.128. The van der Waals surface area contributed by atoms with E-state index in [-0.39, 0.29) is 23.9 Å². The van der Waals surface area contributed by atoms with Crippen molar-refractivity contribution in [2.75, 3.05) is 7.05 Å². The molecule has 4 nitrogen and oxygen atoms in total. The number of halogens is 5. The van der Waals surface area contributed by atoms with Gasteiger partial charge in [0.15, 0.2) is 5.96 Å². The summed E-state index contributed by atoms with van der Waals surface area (Å²) >= 11 is 1.17. The van der Waals surface area contributed by atoms with Gasteiger partial charge in [-0.15, -0.1) is 11.3 Å². The van der Waals surface area contributed by atoms with E-state index in [0.29, 0.717) is 22.6 Å². The van der Waals surface area contributed by atoms with Crippen molar-refractivity contribution < 1.29 is 24.2 Å². The van der Waals surface area contributed by atoms with Gasteiger partial charge in [0.05, 0.1) is 6.42 Å². The second-order valence-electron chi connectivity index (χ2n) is 6.57. The summed E-state index contributed by atoms with van der Waals surface area (Å²) in [6, 6.07) is 4.60. The van der Waals surface area contributed by atoms with E-state index in [9.17, 15) is 24.2 Å². The van der Waals surface area contributed by atoms with Crippen LogP contribution in [-0.2, 0) is 10.3 Å². The number of rotatable bonds is 3. The van der Waals surface area contributed by atoms with Crippen LogP contribution in [0.2, 0.25) is 0 Å². The minimum absolute atomic E-state index is 0.00283. The standard InChI is InChI=1S/C16H16F5N3OS2/c1-16(8-14(25)24(2)15(22)23-16)13-7-11(9-26-13)10-4-3-5-12(6-10)27(17,18,19,20)21/h3-7,9H,8H2,1-2H3,(H2,22,23)/t16-/m0/s1. The highest BCUT2D eigenvalue weighted by Crippen LogP contribution is 3.02. The van der Waals surface area contributed by atoms with E-state index in [4.69, 9.17) is 5.73 Å². The van der Waals surface area contributed by atoms with Crippen LogP contribution >= 0.6 is 21.6 Å². The predicted octanol–water partition coefficient (Wildman–Crippen LogP) is 5.46. The van der Waals surface area contributed by atoms with Crippen LogP contribution in [0.1, 0.15) is 18.2 Å². The summed E-state index contributed by atoms with van der Waals surface area (Å²) in [7, 11) is -8.27. The lowest BCUT2D eigenvalue weighted by Crippen LogP contribution is -2.47. The van der Waals surface area contributed by atoms with Gasteiger partial charge in [-0.2, -0.15) is 0 Å². The van der Waals surface area contributed by atoms with Crippen molar-refractivity contribution in [1.82, 2.24) is 4.90 Å². The van der Waals surface area contributed by atoms with Crippen LogP contribution in [0, 0.1) is 0 Å². The van der Waals surface area contributed by atoms with E-state index >= 15 is 0 Å². The molecule has 0 radical (unpaired) electrons. The fourth-order valence-corrected chi connectivity index (χ4v) is 4.45. The Balaban J connectivity index is 2.02. The van der Waals surface area contributed by atoms with Gasteiger partial charge in [0, 0.05) is 11.9 Å². The van der Waals surface area contributed by atoms with E-state index < -0.39 is 20.7 Å². The zero-order chi connectivity index (χ0) is 20.3. The van der Waals surface area contributed by atoms with Crippen LogP contribution in [0.4, 0.5) is 19.4 Å². The fourth-order valence-electron chi connectivity index (χ4n) is 2.74. The maximum atomic E-state index is 13.1. The number of hydrogen-bond acceptors (Lipinski definition) is 4. The third-order valence-electron chi connectivity index (χ3n) is 4.32. The molecule has 0 bridgehead atoms. The Morgan fingerprint density at radius 3 is 2.44 bits per heavy atom. The molecule has 2 heterocycles. The molecule has 0 saturated carbocycles. The Kier molecular flexibility index (Phi) is 3.79. The zero-order valence-corrected chi connectivity index (χ0v) is 15.9. The monoisotopic (exact) mass is 425 g/mol. The highest BCUT2D eigenvalue weighted by Gasteiger charge is 2.65. The van der Waals surface area contributed by atoms with Gasteiger partial charge < -0.3 is 5.73 Å². The average Bonchev–Trinajstić information content (AvgIpc) is 3.01. The van der Waals surface area contributed by atoms with Crippen molar-refractivity contribution in [3.63, 3.8) is 0 Å². The first-order chi connectivity index (χ1) is 12.1. The van der Waals surface area contributed by atoms with Gasteiger partial charge in [-0.3, -0.25) is 9.69 Å². The number of thiophene rings is 1. The Hall–Kier alpha value is -2.14. The molecule has 27 heavy (non-hydrogen) atoms. The quantitative estimate of drug-likeness (QED) is 0.664. The van der Waals surface area contributed by atoms with Gasteiger partial charge in [-0.05, 0) is 41.6 Å². The number of carbonyl (C=O) groups excluding carboxylic acids is 1. The van der Waals surface area contributed by atoms with Crippen LogP contribution < -0.4 is 5.73 Å². The summed E-state index contributed by atoms with van der Waals surface area (Å²) in [6.45, 7) is 1.69. The maximum absolute atomic E-state index is 13.1. The number of guanidine groups is 1. The van der Waals surface area contributed by atoms with Crippen molar-refractivity contribution in [2.24, 2.45) is 10.7 Å². The number of hydrogen-bond donors (Lipinski definition) is 1. The average molecular weight is 425 g/mol. The third-order valence-corrected chi connectivity index (χ3v) is 6.65. The van der Waals surface area contributed by atoms with Gasteiger partial charge in [0.2, 0.25) is 5.91 Å². The molecule has 0 saturated heterocycles. The van der Waals surface area contributed by atoms with Crippen molar-refractivity contribution in [3.8, 4) is 11.1 Å². The third kappa shape index (κ3) is 3.79. The molecule has 148 valence electrons. The molecule has 2 aromatic rings. The van der Waals surface area contributed by atoms with Crippen molar-refractivity contribution in [3.05, 3.63) is 40.6 Å². The van der Waals surface area contributed by atoms with Gasteiger partial charge >= 0.3 is 10.2 Å². The first-order valence-corrected chi connectivity index (χ1v) is 10.5. The fraction of sp³-hybridized carbons (Fsp3) is 0.250. The van der Waals surface area contributed by atoms with Crippen molar-refractivity contribution in [2.45, 2.75) is 23.8 Å². The Morgan fingerprint density at radius 2 is 1.85 bits per heavy atom. The highest BCUT2D eigenvalue weighted by molar-refractivity contribution is 8.45. The van der Waals surface area contributed by atoms with E-state index in [2.05, 4.69) is 4.99 Å². The lowest BCUT2D eigenvalue weighted by Gasteiger charge is -2.40. The van der Waals surface area contributed by atoms with Crippen LogP contribution in [0.25, 0.3) is 11.1 Å². The number of nitrogens with zero attached hydrogens (tertiary/aromatic N) is 2. The molecule has 0 unspecified atom stereocenters. The predicted molar refractivity (Wildman–Crippen MR) is 97.5 cm³/mol. The molecule has 1 aliphatic rings. The Labute approximate surface area is 156 Å². The molecule has 2 N–H and O–H groups in total. The van der Waals surface area contributed by atoms with Crippen molar-refractivity contribution >= 4 is 33.4 Å². The topological polar surface area (TPSA) is 58.7 Å². The summed E-state index contributed by atoms with van der Waals surface area (Å²) in [6.07, 6.45) is 0.0374. The number of nitrogens with two attached hydrogens (primary N) is 1. The molecular formula is C16H16F5N3OS2. The molecule has 0 spiro atoms. The van der Waals surface area contributed by atoms with Crippen LogP contribution in [-0.4, -0.2) is 23.8 Å². The number of amides is 1. The first-order valence-electron chi connectivity index (χ1n) is 7.64. The molecule has 0 aliphatic carbocycles. The number of aliphatic imine (C=N–C) groups is 1. The molecule has 1 atom stereocenters. The Bertz CT molecular complexity index is 971. The smallest absolute Gasteiger partial charge is 0.310 e. The van der Waals surface area contributed by atoms with Crippen LogP contribution in [0.5, 0.6) is 0 Å². The lowest BCUT2D eigenvalue weighted by atomic mass is 9.93. The van der Waals surface area contributed by atoms with Gasteiger partial charge in [0.1, 0.15) is 10.4 Å². The first kappa shape index (κ1) is 19.6. The van der Waals surface area contributed by atoms with Crippen LogP contribution in [0.3, 0.4) is 0 Å². The van der Waals surface area contributed by atoms with E-state index in [1.807, 2.05) is 0 Å². The van der Waals surface area contributed by atoms with Crippen LogP contribution in [0.15, 0.2) is 45.6 Å². The SMILES string of the molecule is CN1C(=O)C[C@@](C)(c2cc(-c3cccc(S(F)(F)(F)(F)F)c3)cs2)N=C1N. The Morgan fingerprint density at radius 1 is 1.19 bits per heavy atom. The summed E-state index contributed by atoms with van der Waals surface area (Å²) in [5.41, 5.74) is 5.12. The molecule has 11 heteroatoms. The molecule has 1 aliphatic heterocycles. The summed E-state index contributed by atoms with van der Waals surface area (Å²) < 4.78 is 65.3. The molecule has 1 amide bonds. The summed E-state index contributed by atoms with van der Waals surface area (Å²) in [5, 5.41) is 1.54.